The molecule has 0 amide bonds. The first kappa shape index (κ1) is 18.2. The van der Waals surface area contributed by atoms with Crippen molar-refractivity contribution in [2.45, 2.75) is 12.0 Å². The van der Waals surface area contributed by atoms with Crippen LogP contribution in [0, 0.1) is 0 Å². The summed E-state index contributed by atoms with van der Waals surface area (Å²) in [5, 5.41) is 0. The quantitative estimate of drug-likeness (QED) is 0.316. The van der Waals surface area contributed by atoms with Crippen LogP contribution in [-0.4, -0.2) is 6.54 Å². The Bertz CT molecular complexity index is 1010. The highest BCUT2D eigenvalue weighted by atomic mass is 79.9. The molecule has 2 heteroatoms. The van der Waals surface area contributed by atoms with Gasteiger partial charge in [-0.1, -0.05) is 107 Å². The summed E-state index contributed by atoms with van der Waals surface area (Å²) >= 11 is 3.65. The lowest BCUT2D eigenvalue weighted by atomic mass is 9.75. The second-order valence-corrected chi connectivity index (χ2v) is 8.40. The van der Waals surface area contributed by atoms with E-state index in [0.717, 1.165) is 17.4 Å². The Morgan fingerprint density at radius 1 is 0.621 bits per heavy atom. The molecule has 0 saturated heterocycles. The maximum absolute atomic E-state index is 3.65. The molecule has 1 heterocycles. The summed E-state index contributed by atoms with van der Waals surface area (Å²) in [6.45, 7) is 0.977. The molecule has 1 aliphatic heterocycles. The molecule has 0 saturated carbocycles. The number of hydrogen-bond donors (Lipinski definition) is 0. The van der Waals surface area contributed by atoms with Gasteiger partial charge in [-0.3, -0.25) is 0 Å². The molecule has 0 fully saturated rings. The summed E-state index contributed by atoms with van der Waals surface area (Å²) < 4.78 is 1.14. The van der Waals surface area contributed by atoms with E-state index in [4.69, 9.17) is 0 Å². The molecule has 1 nitrogen and oxygen atoms in total. The van der Waals surface area contributed by atoms with Crippen LogP contribution in [0.3, 0.4) is 0 Å². The van der Waals surface area contributed by atoms with Gasteiger partial charge in [0.25, 0.3) is 0 Å². The fraction of sp³-hybridized carbons (Fsp3) is 0.111. The Labute approximate surface area is 180 Å². The maximum atomic E-state index is 3.65. The third kappa shape index (κ3) is 2.99. The van der Waals surface area contributed by atoms with Crippen LogP contribution in [-0.2, 0) is 12.0 Å². The molecule has 0 N–H and O–H groups in total. The highest BCUT2D eigenvalue weighted by Gasteiger charge is 2.44. The number of fused-ring (bicyclic) bond motifs is 1. The van der Waals surface area contributed by atoms with Crippen LogP contribution in [0.5, 0.6) is 0 Å². The second kappa shape index (κ2) is 7.53. The van der Waals surface area contributed by atoms with Crippen molar-refractivity contribution in [2.24, 2.45) is 0 Å². The van der Waals surface area contributed by atoms with E-state index in [2.05, 4.69) is 130 Å². The van der Waals surface area contributed by atoms with Crippen molar-refractivity contribution in [1.29, 1.82) is 0 Å². The SMILES string of the molecule is Brc1ccc2c(c1)CCN2C(c1ccccc1)(c1ccccc1)c1ccccc1. The molecule has 4 aromatic carbocycles. The molecule has 29 heavy (non-hydrogen) atoms. The van der Waals surface area contributed by atoms with E-state index >= 15 is 0 Å². The minimum absolute atomic E-state index is 0.386. The minimum Gasteiger partial charge on any atom is -0.353 e. The molecule has 0 aromatic heterocycles. The number of halogens is 1. The van der Waals surface area contributed by atoms with Crippen LogP contribution in [0.25, 0.3) is 0 Å². The fourth-order valence-electron chi connectivity index (χ4n) is 4.72. The van der Waals surface area contributed by atoms with E-state index in [0.29, 0.717) is 0 Å². The number of nitrogens with zero attached hydrogens (tertiary/aromatic N) is 1. The van der Waals surface area contributed by atoms with E-state index in [1.807, 2.05) is 0 Å². The van der Waals surface area contributed by atoms with Gasteiger partial charge in [-0.25, -0.2) is 0 Å². The zero-order chi connectivity index (χ0) is 19.7. The average Bonchev–Trinajstić information content (AvgIpc) is 3.20. The molecule has 0 spiro atoms. The summed E-state index contributed by atoms with van der Waals surface area (Å²) in [6, 6.07) is 39.4. The highest BCUT2D eigenvalue weighted by molar-refractivity contribution is 9.10. The molecule has 0 unspecified atom stereocenters. The van der Waals surface area contributed by atoms with Crippen LogP contribution >= 0.6 is 15.9 Å². The zero-order valence-corrected chi connectivity index (χ0v) is 17.7. The molecule has 1 aliphatic rings. The summed E-state index contributed by atoms with van der Waals surface area (Å²) in [5.74, 6) is 0. The molecule has 5 rings (SSSR count). The summed E-state index contributed by atoms with van der Waals surface area (Å²) in [6.07, 6.45) is 1.04. The first-order valence-corrected chi connectivity index (χ1v) is 10.8. The lowest BCUT2D eigenvalue weighted by molar-refractivity contribution is 0.575. The summed E-state index contributed by atoms with van der Waals surface area (Å²) in [4.78, 5) is 2.59. The molecule has 4 aromatic rings. The van der Waals surface area contributed by atoms with Crippen LogP contribution < -0.4 is 4.90 Å². The van der Waals surface area contributed by atoms with E-state index < -0.39 is 0 Å². The van der Waals surface area contributed by atoms with E-state index in [1.165, 1.54) is 27.9 Å². The normalized spacial score (nSPS) is 13.3. The van der Waals surface area contributed by atoms with Crippen molar-refractivity contribution in [2.75, 3.05) is 11.4 Å². The topological polar surface area (TPSA) is 3.24 Å². The second-order valence-electron chi connectivity index (χ2n) is 7.48. The summed E-state index contributed by atoms with van der Waals surface area (Å²) in [7, 11) is 0. The van der Waals surface area contributed by atoms with Crippen molar-refractivity contribution >= 4 is 21.6 Å². The average molecular weight is 440 g/mol. The predicted molar refractivity (Wildman–Crippen MR) is 124 cm³/mol. The fourth-order valence-corrected chi connectivity index (χ4v) is 5.13. The minimum atomic E-state index is -0.386. The molecule has 0 atom stereocenters. The van der Waals surface area contributed by atoms with Crippen molar-refractivity contribution in [3.8, 4) is 0 Å². The van der Waals surface area contributed by atoms with Gasteiger partial charge in [0.1, 0.15) is 5.54 Å². The molecular weight excluding hydrogens is 418 g/mol. The van der Waals surface area contributed by atoms with Gasteiger partial charge in [0.05, 0.1) is 0 Å². The van der Waals surface area contributed by atoms with Crippen molar-refractivity contribution < 1.29 is 0 Å². The molecule has 0 radical (unpaired) electrons. The van der Waals surface area contributed by atoms with Crippen molar-refractivity contribution in [3.63, 3.8) is 0 Å². The van der Waals surface area contributed by atoms with Crippen LogP contribution in [0.15, 0.2) is 114 Å². The van der Waals surface area contributed by atoms with Gasteiger partial charge in [0.2, 0.25) is 0 Å². The lowest BCUT2D eigenvalue weighted by Crippen LogP contribution is -2.47. The standard InChI is InChI=1S/C27H22BrN/c28-25-16-17-26-21(20-25)18-19-29(26)27(22-10-4-1-5-11-22,23-12-6-2-7-13-23)24-14-8-3-9-15-24/h1-17,20H,18-19H2. The maximum Gasteiger partial charge on any atom is 0.116 e. The van der Waals surface area contributed by atoms with Crippen molar-refractivity contribution in [3.05, 3.63) is 136 Å². The molecule has 0 aliphatic carbocycles. The highest BCUT2D eigenvalue weighted by Crippen LogP contribution is 2.48. The van der Waals surface area contributed by atoms with Gasteiger partial charge in [-0.15, -0.1) is 0 Å². The van der Waals surface area contributed by atoms with Gasteiger partial charge >= 0.3 is 0 Å². The smallest absolute Gasteiger partial charge is 0.116 e. The Morgan fingerprint density at radius 2 is 1.10 bits per heavy atom. The summed E-state index contributed by atoms with van der Waals surface area (Å²) in [5.41, 5.74) is 6.17. The van der Waals surface area contributed by atoms with E-state index in [9.17, 15) is 0 Å². The number of rotatable bonds is 4. The third-order valence-electron chi connectivity index (χ3n) is 5.92. The third-order valence-corrected chi connectivity index (χ3v) is 6.41. The first-order chi connectivity index (χ1) is 14.3. The van der Waals surface area contributed by atoms with Gasteiger partial charge < -0.3 is 4.90 Å². The van der Waals surface area contributed by atoms with Crippen LogP contribution in [0.4, 0.5) is 5.69 Å². The van der Waals surface area contributed by atoms with Crippen molar-refractivity contribution in [1.82, 2.24) is 0 Å². The van der Waals surface area contributed by atoms with Gasteiger partial charge in [0, 0.05) is 16.7 Å². The van der Waals surface area contributed by atoms with Gasteiger partial charge in [-0.2, -0.15) is 0 Å². The number of benzene rings is 4. The largest absolute Gasteiger partial charge is 0.353 e. The van der Waals surface area contributed by atoms with E-state index in [1.54, 1.807) is 0 Å². The van der Waals surface area contributed by atoms with Crippen LogP contribution in [0.1, 0.15) is 22.3 Å². The Balaban J connectivity index is 1.85. The van der Waals surface area contributed by atoms with Crippen LogP contribution in [0.2, 0.25) is 0 Å². The van der Waals surface area contributed by atoms with E-state index in [-0.39, 0.29) is 5.54 Å². The molecule has 142 valence electrons. The lowest BCUT2D eigenvalue weighted by Gasteiger charge is -2.45. The predicted octanol–water partition coefficient (Wildman–Crippen LogP) is 6.80. The zero-order valence-electron chi connectivity index (χ0n) is 16.1. The Morgan fingerprint density at radius 3 is 1.59 bits per heavy atom. The molecular formula is C27H22BrN. The Kier molecular flexibility index (Phi) is 4.73. The first-order valence-electron chi connectivity index (χ1n) is 10.0. The van der Waals surface area contributed by atoms with Gasteiger partial charge in [0.15, 0.2) is 0 Å². The monoisotopic (exact) mass is 439 g/mol. The van der Waals surface area contributed by atoms with Gasteiger partial charge in [-0.05, 0) is 46.9 Å². The molecule has 0 bridgehead atoms. The number of anilines is 1. The number of hydrogen-bond acceptors (Lipinski definition) is 1. The Hall–Kier alpha value is -2.84.